The van der Waals surface area contributed by atoms with Gasteiger partial charge >= 0.3 is 23.9 Å². The van der Waals surface area contributed by atoms with Crippen LogP contribution in [0.2, 0.25) is 0 Å². The van der Waals surface area contributed by atoms with Gasteiger partial charge in [-0.1, -0.05) is 0 Å². The molecule has 1 heterocycles. The molecule has 11 heteroatoms. The van der Waals surface area contributed by atoms with Crippen LogP contribution in [0.5, 0.6) is 0 Å². The van der Waals surface area contributed by atoms with Gasteiger partial charge in [-0.25, -0.2) is 0 Å². The minimum atomic E-state index is -1.27. The number of nitrogens with one attached hydrogen (secondary N) is 1. The average Bonchev–Trinajstić information content (AvgIpc) is 2.61. The first-order valence-electron chi connectivity index (χ1n) is 10.7. The smallest absolute Gasteiger partial charge is 0.306 e. The highest BCUT2D eigenvalue weighted by Crippen LogP contribution is 2.37. The van der Waals surface area contributed by atoms with Crippen molar-refractivity contribution in [3.8, 4) is 0 Å². The predicted octanol–water partition coefficient (Wildman–Crippen LogP) is 1.20. The van der Waals surface area contributed by atoms with Gasteiger partial charge in [0.25, 0.3) is 0 Å². The fourth-order valence-corrected chi connectivity index (χ4v) is 3.64. The molecule has 0 bridgehead atoms. The molecule has 5 atom stereocenters. The summed E-state index contributed by atoms with van der Waals surface area (Å²) in [5.74, 6) is -2.91. The Hall–Kier alpha value is -2.69. The van der Waals surface area contributed by atoms with E-state index >= 15 is 0 Å². The van der Waals surface area contributed by atoms with E-state index in [0.717, 1.165) is 6.92 Å². The molecule has 1 aliphatic rings. The molecular weight excluding hydrogens is 438 g/mol. The van der Waals surface area contributed by atoms with Crippen LogP contribution in [-0.2, 0) is 47.7 Å². The van der Waals surface area contributed by atoms with Crippen LogP contribution in [0.4, 0.5) is 0 Å². The lowest BCUT2D eigenvalue weighted by atomic mass is 9.80. The van der Waals surface area contributed by atoms with E-state index in [-0.39, 0.29) is 19.4 Å². The largest absolute Gasteiger partial charge is 0.463 e. The zero-order valence-corrected chi connectivity index (χ0v) is 20.5. The van der Waals surface area contributed by atoms with Crippen molar-refractivity contribution in [2.45, 2.75) is 104 Å². The summed E-state index contributed by atoms with van der Waals surface area (Å²) in [4.78, 5) is 59.5. The molecule has 11 nitrogen and oxygen atoms in total. The summed E-state index contributed by atoms with van der Waals surface area (Å²) in [5, 5.41) is 2.70. The van der Waals surface area contributed by atoms with Gasteiger partial charge in [0.1, 0.15) is 18.3 Å². The Morgan fingerprint density at radius 2 is 1.45 bits per heavy atom. The fraction of sp³-hybridized carbons (Fsp3) is 0.773. The number of hydrogen-bond donors (Lipinski definition) is 1. The quantitative estimate of drug-likeness (QED) is 0.403. The molecule has 188 valence electrons. The van der Waals surface area contributed by atoms with Crippen molar-refractivity contribution in [1.82, 2.24) is 5.32 Å². The van der Waals surface area contributed by atoms with Crippen molar-refractivity contribution < 1.29 is 47.7 Å². The maximum absolute atomic E-state index is 12.3. The summed E-state index contributed by atoms with van der Waals surface area (Å²) in [6.07, 6.45) is -3.40. The monoisotopic (exact) mass is 473 g/mol. The normalized spacial score (nSPS) is 27.2. The molecule has 0 aliphatic carbocycles. The minimum Gasteiger partial charge on any atom is -0.463 e. The molecule has 1 rings (SSSR count). The maximum Gasteiger partial charge on any atom is 0.306 e. The molecule has 0 saturated carbocycles. The molecule has 33 heavy (non-hydrogen) atoms. The lowest BCUT2D eigenvalue weighted by Crippen LogP contribution is -2.70. The lowest BCUT2D eigenvalue weighted by Gasteiger charge is -2.51. The molecule has 0 aromatic carbocycles. The molecule has 0 aromatic rings. The van der Waals surface area contributed by atoms with Gasteiger partial charge in [0.05, 0.1) is 11.6 Å². The second kappa shape index (κ2) is 11.4. The number of esters is 4. The van der Waals surface area contributed by atoms with Gasteiger partial charge in [-0.3, -0.25) is 24.0 Å². The van der Waals surface area contributed by atoms with Gasteiger partial charge in [0.2, 0.25) is 5.91 Å². The molecule has 1 aliphatic heterocycles. The summed E-state index contributed by atoms with van der Waals surface area (Å²) in [5.41, 5.74) is -1.97. The van der Waals surface area contributed by atoms with Crippen LogP contribution < -0.4 is 5.32 Å². The molecule has 0 radical (unpaired) electrons. The van der Waals surface area contributed by atoms with Crippen LogP contribution >= 0.6 is 0 Å². The maximum atomic E-state index is 12.3. The second-order valence-electron chi connectivity index (χ2n) is 9.18. The summed E-state index contributed by atoms with van der Waals surface area (Å²) in [7, 11) is 0. The van der Waals surface area contributed by atoms with Crippen molar-refractivity contribution >= 4 is 29.8 Å². The molecule has 0 aromatic heterocycles. The van der Waals surface area contributed by atoms with E-state index in [2.05, 4.69) is 5.32 Å². The van der Waals surface area contributed by atoms with Gasteiger partial charge in [-0.05, 0) is 34.1 Å². The van der Waals surface area contributed by atoms with Gasteiger partial charge in [0.15, 0.2) is 12.2 Å². The van der Waals surface area contributed by atoms with Crippen molar-refractivity contribution in [2.75, 3.05) is 6.61 Å². The lowest BCUT2D eigenvalue weighted by molar-refractivity contribution is -0.251. The number of carbonyl (C=O) groups excluding carboxylic acids is 5. The number of hydrogen-bond acceptors (Lipinski definition) is 10. The summed E-state index contributed by atoms with van der Waals surface area (Å²) in [6, 6.07) is -0.987. The van der Waals surface area contributed by atoms with Gasteiger partial charge in [0, 0.05) is 34.1 Å². The zero-order chi connectivity index (χ0) is 25.6. The highest BCUT2D eigenvalue weighted by Gasteiger charge is 2.56. The first kappa shape index (κ1) is 28.3. The molecule has 1 N–H and O–H groups in total. The van der Waals surface area contributed by atoms with E-state index in [4.69, 9.17) is 23.7 Å². The molecule has 1 fully saturated rings. The topological polar surface area (TPSA) is 144 Å². The van der Waals surface area contributed by atoms with Crippen LogP contribution in [0.15, 0.2) is 0 Å². The van der Waals surface area contributed by atoms with E-state index < -0.39 is 65.3 Å². The minimum absolute atomic E-state index is 0.0635. The van der Waals surface area contributed by atoms with Gasteiger partial charge in [-0.2, -0.15) is 0 Å². The molecule has 0 spiro atoms. The van der Waals surface area contributed by atoms with E-state index in [1.807, 2.05) is 0 Å². The average molecular weight is 474 g/mol. The Morgan fingerprint density at radius 3 is 1.91 bits per heavy atom. The molecule has 0 unspecified atom stereocenters. The second-order valence-corrected chi connectivity index (χ2v) is 9.18. The zero-order valence-electron chi connectivity index (χ0n) is 20.5. The standard InChI is InChI=1S/C22H35NO10/c1-12(24)23-20-19(31-15(4)27)18(30-14(3)26)16(11-29-13(2)25)32-22(20,8)10-9-17(28)33-21(5,6)7/h16,18-20H,9-11H2,1-8H3,(H,23,24)/t16-,18-,19+,20+,22-/m1/s1. The van der Waals surface area contributed by atoms with Gasteiger partial charge < -0.3 is 29.0 Å². The fourth-order valence-electron chi connectivity index (χ4n) is 3.64. The Morgan fingerprint density at radius 1 is 0.909 bits per heavy atom. The van der Waals surface area contributed by atoms with Crippen molar-refractivity contribution in [2.24, 2.45) is 0 Å². The van der Waals surface area contributed by atoms with Gasteiger partial charge in [-0.15, -0.1) is 0 Å². The van der Waals surface area contributed by atoms with Crippen LogP contribution in [0.1, 0.15) is 68.2 Å². The Labute approximate surface area is 193 Å². The number of amides is 1. The van der Waals surface area contributed by atoms with Crippen LogP contribution in [0.3, 0.4) is 0 Å². The van der Waals surface area contributed by atoms with Crippen molar-refractivity contribution in [3.63, 3.8) is 0 Å². The van der Waals surface area contributed by atoms with E-state index in [1.165, 1.54) is 20.8 Å². The Kier molecular flexibility index (Phi) is 9.83. The first-order valence-corrected chi connectivity index (χ1v) is 10.7. The first-order chi connectivity index (χ1) is 15.0. The summed E-state index contributed by atoms with van der Waals surface area (Å²) >= 11 is 0. The summed E-state index contributed by atoms with van der Waals surface area (Å²) < 4.78 is 27.4. The third-order valence-corrected chi connectivity index (χ3v) is 4.76. The molecular formula is C22H35NO10. The summed E-state index contributed by atoms with van der Waals surface area (Å²) in [6.45, 7) is 11.3. The third kappa shape index (κ3) is 9.37. The van der Waals surface area contributed by atoms with Crippen LogP contribution in [0.25, 0.3) is 0 Å². The Balaban J connectivity index is 3.37. The third-order valence-electron chi connectivity index (χ3n) is 4.76. The van der Waals surface area contributed by atoms with E-state index in [0.29, 0.717) is 0 Å². The van der Waals surface area contributed by atoms with E-state index in [1.54, 1.807) is 27.7 Å². The highest BCUT2D eigenvalue weighted by atomic mass is 16.6. The highest BCUT2D eigenvalue weighted by molar-refractivity contribution is 5.74. The van der Waals surface area contributed by atoms with Crippen LogP contribution in [-0.4, -0.2) is 71.9 Å². The van der Waals surface area contributed by atoms with E-state index in [9.17, 15) is 24.0 Å². The van der Waals surface area contributed by atoms with Crippen molar-refractivity contribution in [3.05, 3.63) is 0 Å². The predicted molar refractivity (Wildman–Crippen MR) is 114 cm³/mol. The number of ether oxygens (including phenoxy) is 5. The van der Waals surface area contributed by atoms with Crippen LogP contribution in [0, 0.1) is 0 Å². The molecule has 1 saturated heterocycles. The number of rotatable bonds is 8. The molecule has 1 amide bonds. The Bertz CT molecular complexity index is 759. The number of carbonyl (C=O) groups is 5. The SMILES string of the molecule is CC(=O)N[C@H]1[C@@H](OC(C)=O)[C@H](OC(C)=O)[C@@H](COC(C)=O)O[C@]1(C)CCC(=O)OC(C)(C)C. The van der Waals surface area contributed by atoms with Crippen molar-refractivity contribution in [1.29, 1.82) is 0 Å².